The lowest BCUT2D eigenvalue weighted by molar-refractivity contribution is 0.558. The molecule has 31 heavy (non-hydrogen) atoms. The summed E-state index contributed by atoms with van der Waals surface area (Å²) in [5.74, 6) is 0. The molecule has 162 valence electrons. The highest BCUT2D eigenvalue weighted by atomic mass is 32.2. The summed E-state index contributed by atoms with van der Waals surface area (Å²) >= 11 is 1.73. The first kappa shape index (κ1) is 22.1. The Morgan fingerprint density at radius 2 is 2.19 bits per heavy atom. The Morgan fingerprint density at radius 3 is 3.00 bits per heavy atom. The number of pyridine rings is 1. The Kier molecular flexibility index (Phi) is 7.79. The van der Waals surface area contributed by atoms with Gasteiger partial charge in [-0.15, -0.1) is 6.58 Å². The van der Waals surface area contributed by atoms with Crippen LogP contribution in [0.5, 0.6) is 0 Å². The van der Waals surface area contributed by atoms with E-state index in [1.807, 2.05) is 18.5 Å². The smallest absolute Gasteiger partial charge is 0.0346 e. The van der Waals surface area contributed by atoms with Crippen LogP contribution in [0, 0.1) is 0 Å². The van der Waals surface area contributed by atoms with Gasteiger partial charge in [-0.2, -0.15) is 0 Å². The number of hydrogen-bond donors (Lipinski definition) is 2. The second-order valence-electron chi connectivity index (χ2n) is 8.37. The fourth-order valence-electron chi connectivity index (χ4n) is 4.63. The van der Waals surface area contributed by atoms with E-state index in [9.17, 15) is 0 Å². The van der Waals surface area contributed by atoms with Gasteiger partial charge in [-0.05, 0) is 86.1 Å². The monoisotopic (exact) mass is 431 g/mol. The molecule has 2 unspecified atom stereocenters. The van der Waals surface area contributed by atoms with Crippen LogP contribution in [-0.4, -0.2) is 23.6 Å². The Morgan fingerprint density at radius 1 is 1.26 bits per heavy atom. The van der Waals surface area contributed by atoms with Gasteiger partial charge in [0.05, 0.1) is 0 Å². The van der Waals surface area contributed by atoms with E-state index in [2.05, 4.69) is 71.0 Å². The fraction of sp³-hybridized carbons (Fsp3) is 0.370. The van der Waals surface area contributed by atoms with E-state index in [1.165, 1.54) is 46.1 Å². The van der Waals surface area contributed by atoms with Crippen LogP contribution in [0.25, 0.3) is 10.8 Å². The highest BCUT2D eigenvalue weighted by molar-refractivity contribution is 7.97. The molecule has 0 amide bonds. The van der Waals surface area contributed by atoms with Gasteiger partial charge >= 0.3 is 0 Å². The zero-order valence-corrected chi connectivity index (χ0v) is 19.3. The van der Waals surface area contributed by atoms with Crippen molar-refractivity contribution in [2.24, 2.45) is 0 Å². The van der Waals surface area contributed by atoms with Gasteiger partial charge in [0, 0.05) is 41.3 Å². The highest BCUT2D eigenvalue weighted by Crippen LogP contribution is 2.31. The summed E-state index contributed by atoms with van der Waals surface area (Å²) < 4.78 is 3.60. The van der Waals surface area contributed by atoms with Gasteiger partial charge in [0.1, 0.15) is 0 Å². The molecular weight excluding hydrogens is 398 g/mol. The minimum atomic E-state index is 0.527. The second-order valence-corrected chi connectivity index (χ2v) is 9.30. The van der Waals surface area contributed by atoms with E-state index >= 15 is 0 Å². The van der Waals surface area contributed by atoms with Crippen molar-refractivity contribution in [1.82, 2.24) is 15.0 Å². The van der Waals surface area contributed by atoms with Crippen molar-refractivity contribution < 1.29 is 0 Å². The van der Waals surface area contributed by atoms with Gasteiger partial charge in [0.25, 0.3) is 0 Å². The van der Waals surface area contributed by atoms with Gasteiger partial charge in [-0.3, -0.25) is 9.71 Å². The molecule has 1 aromatic heterocycles. The van der Waals surface area contributed by atoms with Crippen LogP contribution in [0.3, 0.4) is 0 Å². The topological polar surface area (TPSA) is 37.0 Å². The zero-order chi connectivity index (χ0) is 21.5. The van der Waals surface area contributed by atoms with Crippen molar-refractivity contribution >= 4 is 22.7 Å². The number of benzene rings is 1. The van der Waals surface area contributed by atoms with Crippen LogP contribution in [0.2, 0.25) is 0 Å². The Hall–Kier alpha value is -2.14. The first-order valence-corrected chi connectivity index (χ1v) is 12.2. The van der Waals surface area contributed by atoms with Crippen LogP contribution in [0.15, 0.2) is 89.2 Å². The molecule has 1 aliphatic carbocycles. The van der Waals surface area contributed by atoms with Crippen molar-refractivity contribution in [3.63, 3.8) is 0 Å². The number of allylic oxidation sites excluding steroid dienone is 6. The molecule has 1 saturated heterocycles. The molecule has 1 fully saturated rings. The SMILES string of the molecule is C=CCC/C(=C\C)C1=CC=C(C2CCC(CNSc3cccc4cnccc34)N2)CC1. The summed E-state index contributed by atoms with van der Waals surface area (Å²) in [6.07, 6.45) is 19.8. The molecule has 2 heterocycles. The van der Waals surface area contributed by atoms with Crippen LogP contribution in [0.4, 0.5) is 0 Å². The molecule has 3 nitrogen and oxygen atoms in total. The van der Waals surface area contributed by atoms with Gasteiger partial charge in [-0.1, -0.05) is 42.0 Å². The van der Waals surface area contributed by atoms with Gasteiger partial charge in [-0.25, -0.2) is 0 Å². The van der Waals surface area contributed by atoms with Crippen LogP contribution >= 0.6 is 11.9 Å². The molecule has 0 spiro atoms. The van der Waals surface area contributed by atoms with Crippen molar-refractivity contribution in [1.29, 1.82) is 0 Å². The molecule has 0 bridgehead atoms. The maximum Gasteiger partial charge on any atom is 0.0346 e. The quantitative estimate of drug-likeness (QED) is 0.350. The number of nitrogens with zero attached hydrogens (tertiary/aromatic N) is 1. The maximum atomic E-state index is 4.23. The number of hydrogen-bond acceptors (Lipinski definition) is 4. The predicted octanol–water partition coefficient (Wildman–Crippen LogP) is 6.51. The van der Waals surface area contributed by atoms with Gasteiger partial charge in [0.2, 0.25) is 0 Å². The molecule has 0 radical (unpaired) electrons. The van der Waals surface area contributed by atoms with Crippen LogP contribution < -0.4 is 10.0 Å². The lowest BCUT2D eigenvalue weighted by Gasteiger charge is -2.22. The molecule has 2 aliphatic rings. The van der Waals surface area contributed by atoms with Crippen LogP contribution in [0.1, 0.15) is 45.4 Å². The average Bonchev–Trinajstić information content (AvgIpc) is 3.29. The molecule has 1 aromatic carbocycles. The van der Waals surface area contributed by atoms with Gasteiger partial charge in [0.15, 0.2) is 0 Å². The maximum absolute atomic E-state index is 4.23. The second kappa shape index (κ2) is 10.9. The van der Waals surface area contributed by atoms with Gasteiger partial charge < -0.3 is 5.32 Å². The standard InChI is InChI=1S/C27H33N3S/c1-3-5-7-20(4-2)21-10-12-22(13-11-21)26-15-14-24(30-26)19-29-31-27-9-6-8-23-18-28-17-16-25(23)27/h3-4,6,8-10,12,16-18,24,26,29-30H,1,5,7,11,13-15,19H2,2H3/b20-4+. The summed E-state index contributed by atoms with van der Waals surface area (Å²) in [5, 5.41) is 6.32. The molecule has 0 saturated carbocycles. The van der Waals surface area contributed by atoms with E-state index < -0.39 is 0 Å². The van der Waals surface area contributed by atoms with Crippen molar-refractivity contribution in [3.8, 4) is 0 Å². The molecule has 2 N–H and O–H groups in total. The third kappa shape index (κ3) is 5.57. The summed E-state index contributed by atoms with van der Waals surface area (Å²) in [7, 11) is 0. The molecule has 1 aliphatic heterocycles. The first-order chi connectivity index (χ1) is 15.3. The third-order valence-electron chi connectivity index (χ3n) is 6.40. The highest BCUT2D eigenvalue weighted by Gasteiger charge is 2.27. The number of rotatable bonds is 9. The summed E-state index contributed by atoms with van der Waals surface area (Å²) in [6.45, 7) is 6.99. The van der Waals surface area contributed by atoms with E-state index in [0.717, 1.165) is 25.8 Å². The fourth-order valence-corrected chi connectivity index (χ4v) is 5.52. The number of fused-ring (bicyclic) bond motifs is 1. The third-order valence-corrected chi connectivity index (χ3v) is 7.29. The zero-order valence-electron chi connectivity index (χ0n) is 18.4. The van der Waals surface area contributed by atoms with Crippen molar-refractivity contribution in [3.05, 3.63) is 84.3 Å². The number of aromatic nitrogens is 1. The molecule has 4 heteroatoms. The average molecular weight is 432 g/mol. The van der Waals surface area contributed by atoms with Crippen molar-refractivity contribution in [2.45, 2.75) is 62.4 Å². The van der Waals surface area contributed by atoms with E-state index in [4.69, 9.17) is 0 Å². The summed E-state index contributed by atoms with van der Waals surface area (Å²) in [5.41, 5.74) is 4.56. The first-order valence-electron chi connectivity index (χ1n) is 11.4. The minimum Gasteiger partial charge on any atom is -0.306 e. The Balaban J connectivity index is 1.28. The van der Waals surface area contributed by atoms with E-state index in [-0.39, 0.29) is 0 Å². The molecule has 2 aromatic rings. The Labute approximate surface area is 190 Å². The summed E-state index contributed by atoms with van der Waals surface area (Å²) in [4.78, 5) is 5.49. The normalized spacial score (nSPS) is 21.8. The Bertz CT molecular complexity index is 999. The van der Waals surface area contributed by atoms with E-state index in [0.29, 0.717) is 12.1 Å². The predicted molar refractivity (Wildman–Crippen MR) is 134 cm³/mol. The van der Waals surface area contributed by atoms with Crippen LogP contribution in [-0.2, 0) is 0 Å². The molecular formula is C27H33N3S. The summed E-state index contributed by atoms with van der Waals surface area (Å²) in [6, 6.07) is 9.55. The van der Waals surface area contributed by atoms with Crippen molar-refractivity contribution in [2.75, 3.05) is 6.54 Å². The molecule has 2 atom stereocenters. The molecule has 4 rings (SSSR count). The lowest BCUT2D eigenvalue weighted by Crippen LogP contribution is -2.36. The minimum absolute atomic E-state index is 0.527. The van der Waals surface area contributed by atoms with E-state index in [1.54, 1.807) is 17.5 Å². The largest absolute Gasteiger partial charge is 0.306 e. The number of nitrogens with one attached hydrogen (secondary N) is 2. The lowest BCUT2D eigenvalue weighted by atomic mass is 9.88.